The van der Waals surface area contributed by atoms with E-state index in [1.165, 1.54) is 23.2 Å². The van der Waals surface area contributed by atoms with Gasteiger partial charge in [0.05, 0.1) is 28.9 Å². The number of carbonyl (C=O) groups is 3. The van der Waals surface area contributed by atoms with Crippen LogP contribution in [0.25, 0.3) is 0 Å². The van der Waals surface area contributed by atoms with Crippen LogP contribution in [0.4, 0.5) is 0 Å². The van der Waals surface area contributed by atoms with E-state index in [-0.39, 0.29) is 33.1 Å². The third-order valence-corrected chi connectivity index (χ3v) is 10.9. The number of hydrogen-bond donors (Lipinski definition) is 3. The topological polar surface area (TPSA) is 139 Å². The van der Waals surface area contributed by atoms with Crippen LogP contribution in [0.3, 0.4) is 0 Å². The second-order valence-corrected chi connectivity index (χ2v) is 13.6. The van der Waals surface area contributed by atoms with Crippen LogP contribution < -0.4 is 0 Å². The highest BCUT2D eigenvalue weighted by Crippen LogP contribution is 2.53. The first kappa shape index (κ1) is 33.0. The number of rotatable bonds is 9. The third-order valence-electron chi connectivity index (χ3n) is 10.3. The van der Waals surface area contributed by atoms with Gasteiger partial charge in [0, 0.05) is 66.0 Å². The van der Waals surface area contributed by atoms with Crippen molar-refractivity contribution < 1.29 is 34.5 Å². The Kier molecular flexibility index (Phi) is 9.34. The van der Waals surface area contributed by atoms with Crippen LogP contribution in [0.15, 0.2) is 77.9 Å². The van der Waals surface area contributed by atoms with Crippen molar-refractivity contribution in [3.05, 3.63) is 99.1 Å². The maximum atomic E-state index is 14.0. The van der Waals surface area contributed by atoms with E-state index in [0.29, 0.717) is 44.1 Å². The minimum Gasteiger partial charge on any atom is -0.478 e. The maximum Gasteiger partial charge on any atom is 0.336 e. The smallest absolute Gasteiger partial charge is 0.336 e. The van der Waals surface area contributed by atoms with E-state index in [0.717, 1.165) is 31.9 Å². The summed E-state index contributed by atoms with van der Waals surface area (Å²) in [5, 5.41) is 31.8. The minimum absolute atomic E-state index is 0.00953. The largest absolute Gasteiger partial charge is 0.478 e. The number of carbonyl (C=O) groups excluding carboxylic acids is 2. The van der Waals surface area contributed by atoms with Gasteiger partial charge in [0.15, 0.2) is 5.78 Å². The SMILES string of the molecule is O=C=CN1C=C(C(=O)O)C(CC(=O)c2ccccc2)(c2c(Cl)cccc2Cl)C(C(=O)O)=C1N1CCN(C2CC3CC(O)CC3C2)CC1. The summed E-state index contributed by atoms with van der Waals surface area (Å²) < 4.78 is 0. The van der Waals surface area contributed by atoms with Gasteiger partial charge >= 0.3 is 11.9 Å². The predicted octanol–water partition coefficient (Wildman–Crippen LogP) is 4.60. The van der Waals surface area contributed by atoms with Gasteiger partial charge in [-0.05, 0) is 49.7 Å². The highest BCUT2D eigenvalue weighted by molar-refractivity contribution is 6.36. The number of carboxylic acids is 2. The van der Waals surface area contributed by atoms with E-state index in [1.54, 1.807) is 42.3 Å². The third kappa shape index (κ3) is 6.01. The zero-order chi connectivity index (χ0) is 33.5. The number of aliphatic hydroxyl groups excluding tert-OH is 1. The van der Waals surface area contributed by atoms with Crippen LogP contribution >= 0.6 is 23.2 Å². The van der Waals surface area contributed by atoms with Gasteiger partial charge in [0.25, 0.3) is 0 Å². The molecule has 2 heterocycles. The highest BCUT2D eigenvalue weighted by atomic mass is 35.5. The summed E-state index contributed by atoms with van der Waals surface area (Å²) in [6.45, 7) is 1.94. The average Bonchev–Trinajstić information content (AvgIpc) is 3.59. The first-order valence-corrected chi connectivity index (χ1v) is 16.4. The number of piperazine rings is 1. The Morgan fingerprint density at radius 1 is 0.872 bits per heavy atom. The lowest BCUT2D eigenvalue weighted by Gasteiger charge is -2.47. The van der Waals surface area contributed by atoms with Crippen molar-refractivity contribution >= 4 is 46.9 Å². The number of halogens is 2. The summed E-state index contributed by atoms with van der Waals surface area (Å²) in [5.41, 5.74) is -2.83. The molecule has 10 nitrogen and oxygen atoms in total. The van der Waals surface area contributed by atoms with Crippen molar-refractivity contribution in [1.82, 2.24) is 14.7 Å². The van der Waals surface area contributed by atoms with Gasteiger partial charge in [-0.15, -0.1) is 0 Å². The van der Waals surface area contributed by atoms with Crippen LogP contribution in [0.5, 0.6) is 0 Å². The molecule has 1 saturated heterocycles. The van der Waals surface area contributed by atoms with Crippen LogP contribution in [-0.2, 0) is 19.8 Å². The number of nitrogens with zero attached hydrogens (tertiary/aromatic N) is 3. The molecule has 2 aromatic rings. The zero-order valence-electron chi connectivity index (χ0n) is 25.5. The number of carboxylic acid groups (broad SMARTS) is 2. The Morgan fingerprint density at radius 2 is 1.49 bits per heavy atom. The van der Waals surface area contributed by atoms with E-state index in [4.69, 9.17) is 23.2 Å². The van der Waals surface area contributed by atoms with E-state index >= 15 is 0 Å². The molecule has 0 aromatic heterocycles. The maximum absolute atomic E-state index is 14.0. The molecule has 0 spiro atoms. The highest BCUT2D eigenvalue weighted by Gasteiger charge is 2.55. The number of fused-ring (bicyclic) bond motifs is 1. The predicted molar refractivity (Wildman–Crippen MR) is 174 cm³/mol. The lowest BCUT2D eigenvalue weighted by molar-refractivity contribution is -0.134. The van der Waals surface area contributed by atoms with E-state index in [9.17, 15) is 34.5 Å². The molecule has 0 radical (unpaired) electrons. The van der Waals surface area contributed by atoms with E-state index in [1.807, 2.05) is 4.90 Å². The Bertz CT molecular complexity index is 1660. The van der Waals surface area contributed by atoms with Crippen molar-refractivity contribution in [2.75, 3.05) is 26.2 Å². The molecule has 47 heavy (non-hydrogen) atoms. The first-order chi connectivity index (χ1) is 22.5. The van der Waals surface area contributed by atoms with Gasteiger partial charge in [-0.25, -0.2) is 14.4 Å². The molecule has 2 aromatic carbocycles. The van der Waals surface area contributed by atoms with Crippen molar-refractivity contribution in [3.8, 4) is 0 Å². The first-order valence-electron chi connectivity index (χ1n) is 15.7. The van der Waals surface area contributed by atoms with Gasteiger partial charge in [0.2, 0.25) is 0 Å². The van der Waals surface area contributed by atoms with Crippen molar-refractivity contribution in [3.63, 3.8) is 0 Å². The van der Waals surface area contributed by atoms with E-state index in [2.05, 4.69) is 4.90 Å². The van der Waals surface area contributed by atoms with Gasteiger partial charge in [-0.1, -0.05) is 59.6 Å². The number of Topliss-reactive ketones (excluding diaryl/α,β-unsaturated/α-hetero) is 1. The normalized spacial score (nSPS) is 27.7. The summed E-state index contributed by atoms with van der Waals surface area (Å²) in [4.78, 5) is 57.9. The zero-order valence-corrected chi connectivity index (χ0v) is 27.0. The molecule has 3 atom stereocenters. The van der Waals surface area contributed by atoms with Crippen LogP contribution in [0.1, 0.15) is 48.0 Å². The molecule has 6 rings (SSSR count). The van der Waals surface area contributed by atoms with Crippen molar-refractivity contribution in [2.24, 2.45) is 11.8 Å². The summed E-state index contributed by atoms with van der Waals surface area (Å²) in [6, 6.07) is 13.0. The molecule has 0 bridgehead atoms. The molecular formula is C35H35Cl2N3O7. The number of hydrogen-bond acceptors (Lipinski definition) is 8. The number of benzene rings is 2. The molecule has 3 unspecified atom stereocenters. The quantitative estimate of drug-likeness (QED) is 0.255. The van der Waals surface area contributed by atoms with Gasteiger partial charge in [-0.3, -0.25) is 14.6 Å². The van der Waals surface area contributed by atoms with Crippen molar-refractivity contribution in [2.45, 2.75) is 49.7 Å². The summed E-state index contributed by atoms with van der Waals surface area (Å²) >= 11 is 13.5. The monoisotopic (exact) mass is 679 g/mol. The fourth-order valence-corrected chi connectivity index (χ4v) is 9.03. The molecule has 2 saturated carbocycles. The fraction of sp³-hybridized carbons (Fsp3) is 0.400. The number of ketones is 1. The number of aliphatic carboxylic acids is 2. The minimum atomic E-state index is -2.15. The second-order valence-electron chi connectivity index (χ2n) is 12.8. The van der Waals surface area contributed by atoms with Crippen molar-refractivity contribution in [1.29, 1.82) is 0 Å². The van der Waals surface area contributed by atoms with Gasteiger partial charge in [-0.2, -0.15) is 0 Å². The lowest BCUT2D eigenvalue weighted by atomic mass is 9.63. The summed E-state index contributed by atoms with van der Waals surface area (Å²) in [6.07, 6.45) is 4.95. The Hall–Kier alpha value is -3.92. The Morgan fingerprint density at radius 3 is 2.04 bits per heavy atom. The molecule has 3 N–H and O–H groups in total. The molecule has 246 valence electrons. The second kappa shape index (κ2) is 13.3. The molecule has 0 amide bonds. The lowest BCUT2D eigenvalue weighted by Crippen LogP contribution is -2.54. The van der Waals surface area contributed by atoms with Crippen LogP contribution in [0, 0.1) is 11.8 Å². The van der Waals surface area contributed by atoms with Gasteiger partial charge in [0.1, 0.15) is 11.8 Å². The molecular weight excluding hydrogens is 645 g/mol. The molecule has 2 aliphatic heterocycles. The summed E-state index contributed by atoms with van der Waals surface area (Å²) in [5.74, 6) is -0.790. The number of aliphatic hydroxyl groups is 1. The Balaban J connectivity index is 1.48. The molecule has 2 aliphatic carbocycles. The van der Waals surface area contributed by atoms with Crippen LogP contribution in [-0.4, -0.2) is 92.0 Å². The van der Waals surface area contributed by atoms with Crippen LogP contribution in [0.2, 0.25) is 10.0 Å². The average molecular weight is 681 g/mol. The summed E-state index contributed by atoms with van der Waals surface area (Å²) in [7, 11) is 0. The standard InChI is InChI=1S/C35H35Cl2N3O7/c36-27-7-4-8-28(37)30(27)35(19-29(43)21-5-2-1-3-6-21)26(33(44)45)20-40(13-14-41)32(31(35)34(46)47)39-11-9-38(10-12-39)24-15-22-17-25(42)18-23(22)16-24/h1-8,13,20,22-25,42H,9-12,15-19H2,(H,44,45)(H,46,47). The molecule has 3 fully saturated rings. The molecule has 12 heteroatoms. The fourth-order valence-electron chi connectivity index (χ4n) is 8.31. The Labute approximate surface area is 282 Å². The van der Waals surface area contributed by atoms with E-state index < -0.39 is 40.7 Å². The molecule has 4 aliphatic rings. The van der Waals surface area contributed by atoms with Gasteiger partial charge < -0.3 is 20.2 Å².